The first-order chi connectivity index (χ1) is 20.3. The number of amides is 3. The van der Waals surface area contributed by atoms with E-state index in [4.69, 9.17) is 9.47 Å². The van der Waals surface area contributed by atoms with Gasteiger partial charge in [-0.1, -0.05) is 40.2 Å². The maximum absolute atomic E-state index is 13.3. The van der Waals surface area contributed by atoms with E-state index in [1.807, 2.05) is 36.4 Å². The summed E-state index contributed by atoms with van der Waals surface area (Å²) in [5, 5.41) is 8.41. The van der Waals surface area contributed by atoms with Crippen molar-refractivity contribution in [3.8, 4) is 11.5 Å². The Kier molecular flexibility index (Phi) is 10.8. The number of methoxy groups -OCH3 is 2. The number of halogens is 1. The minimum atomic E-state index is -0.511. The minimum Gasteiger partial charge on any atom is -0.493 e. The Morgan fingerprint density at radius 2 is 1.43 bits per heavy atom. The Labute approximate surface area is 256 Å². The van der Waals surface area contributed by atoms with Crippen LogP contribution < -0.4 is 25.4 Å². The molecule has 3 N–H and O–H groups in total. The van der Waals surface area contributed by atoms with Crippen molar-refractivity contribution in [2.45, 2.75) is 4.90 Å². The highest BCUT2D eigenvalue weighted by atomic mass is 79.9. The first kappa shape index (κ1) is 30.4. The van der Waals surface area contributed by atoms with Gasteiger partial charge in [-0.2, -0.15) is 0 Å². The van der Waals surface area contributed by atoms with Gasteiger partial charge in [-0.05, 0) is 84.4 Å². The van der Waals surface area contributed by atoms with Gasteiger partial charge in [0.2, 0.25) is 5.91 Å². The van der Waals surface area contributed by atoms with E-state index in [2.05, 4.69) is 31.9 Å². The van der Waals surface area contributed by atoms with Gasteiger partial charge < -0.3 is 25.4 Å². The number of anilines is 2. The maximum Gasteiger partial charge on any atom is 0.272 e. The van der Waals surface area contributed by atoms with Crippen LogP contribution in [0, 0.1) is 0 Å². The average molecular weight is 647 g/mol. The van der Waals surface area contributed by atoms with Gasteiger partial charge in [-0.25, -0.2) is 0 Å². The topological polar surface area (TPSA) is 106 Å². The van der Waals surface area contributed by atoms with Crippen molar-refractivity contribution >= 4 is 62.9 Å². The van der Waals surface area contributed by atoms with Crippen LogP contribution in [-0.4, -0.2) is 37.7 Å². The molecule has 10 heteroatoms. The number of hydrogen-bond donors (Lipinski definition) is 3. The summed E-state index contributed by atoms with van der Waals surface area (Å²) < 4.78 is 11.6. The molecule has 0 radical (unpaired) electrons. The highest BCUT2D eigenvalue weighted by Crippen LogP contribution is 2.28. The lowest BCUT2D eigenvalue weighted by Crippen LogP contribution is -2.30. The van der Waals surface area contributed by atoms with Crippen LogP contribution in [0.25, 0.3) is 6.08 Å². The standard InChI is InChI=1S/C32H28BrN3O5S/c1-40-28-17-8-21(19-29(28)41-2)18-27(36-31(38)22-6-4-3-5-7-22)32(39)35-25-13-15-26(16-14-25)42-20-30(37)34-24-11-9-23(33)10-12-24/h3-19H,20H2,1-2H3,(H,34,37)(H,35,39)(H,36,38)/b27-18-. The quantitative estimate of drug-likeness (QED) is 0.125. The van der Waals surface area contributed by atoms with E-state index in [0.29, 0.717) is 28.3 Å². The van der Waals surface area contributed by atoms with E-state index in [9.17, 15) is 14.4 Å². The summed E-state index contributed by atoms with van der Waals surface area (Å²) >= 11 is 4.75. The number of carbonyl (C=O) groups excluding carboxylic acids is 3. The SMILES string of the molecule is COc1ccc(/C=C(\NC(=O)c2ccccc2)C(=O)Nc2ccc(SCC(=O)Nc3ccc(Br)cc3)cc2)cc1OC. The van der Waals surface area contributed by atoms with Crippen LogP contribution >= 0.6 is 27.7 Å². The van der Waals surface area contributed by atoms with Crippen LogP contribution in [0.1, 0.15) is 15.9 Å². The van der Waals surface area contributed by atoms with Crippen molar-refractivity contribution < 1.29 is 23.9 Å². The Hall–Kier alpha value is -4.54. The zero-order valence-electron chi connectivity index (χ0n) is 22.8. The summed E-state index contributed by atoms with van der Waals surface area (Å²) in [5.74, 6) is 0.190. The van der Waals surface area contributed by atoms with Crippen molar-refractivity contribution in [2.24, 2.45) is 0 Å². The molecule has 0 spiro atoms. The smallest absolute Gasteiger partial charge is 0.272 e. The molecule has 0 saturated carbocycles. The van der Waals surface area contributed by atoms with Gasteiger partial charge in [-0.3, -0.25) is 14.4 Å². The Morgan fingerprint density at radius 3 is 2.10 bits per heavy atom. The minimum absolute atomic E-state index is 0.0409. The lowest BCUT2D eigenvalue weighted by Gasteiger charge is -2.13. The van der Waals surface area contributed by atoms with Gasteiger partial charge in [0.1, 0.15) is 5.70 Å². The molecule has 4 aromatic rings. The largest absolute Gasteiger partial charge is 0.493 e. The van der Waals surface area contributed by atoms with Crippen molar-refractivity contribution in [3.63, 3.8) is 0 Å². The molecule has 4 rings (SSSR count). The molecule has 0 heterocycles. The molecule has 0 atom stereocenters. The predicted molar refractivity (Wildman–Crippen MR) is 170 cm³/mol. The molecule has 4 aromatic carbocycles. The molecule has 3 amide bonds. The van der Waals surface area contributed by atoms with Crippen LogP contribution in [-0.2, 0) is 9.59 Å². The van der Waals surface area contributed by atoms with Gasteiger partial charge in [0.15, 0.2) is 11.5 Å². The summed E-state index contributed by atoms with van der Waals surface area (Å²) in [6.07, 6.45) is 1.56. The van der Waals surface area contributed by atoms with Gasteiger partial charge in [-0.15, -0.1) is 11.8 Å². The molecule has 214 valence electrons. The third-order valence-corrected chi connectivity index (χ3v) is 7.40. The summed E-state index contributed by atoms with van der Waals surface area (Å²) in [4.78, 5) is 39.4. The number of ether oxygens (including phenoxy) is 2. The Bertz CT molecular complexity index is 1580. The molecule has 0 aliphatic heterocycles. The molecule has 8 nitrogen and oxygen atoms in total. The van der Waals surface area contributed by atoms with Gasteiger partial charge >= 0.3 is 0 Å². The molecule has 0 fully saturated rings. The number of thioether (sulfide) groups is 1. The number of nitrogens with one attached hydrogen (secondary N) is 3. The van der Waals surface area contributed by atoms with E-state index in [0.717, 1.165) is 15.1 Å². The van der Waals surface area contributed by atoms with Crippen LogP contribution in [0.4, 0.5) is 11.4 Å². The Balaban J connectivity index is 1.44. The van der Waals surface area contributed by atoms with Crippen molar-refractivity contribution in [1.82, 2.24) is 5.32 Å². The average Bonchev–Trinajstić information content (AvgIpc) is 3.01. The second-order valence-electron chi connectivity index (χ2n) is 8.81. The normalized spacial score (nSPS) is 10.9. The predicted octanol–water partition coefficient (Wildman–Crippen LogP) is 6.61. The first-order valence-electron chi connectivity index (χ1n) is 12.7. The fourth-order valence-corrected chi connectivity index (χ4v) is 4.73. The maximum atomic E-state index is 13.3. The molecule has 0 saturated heterocycles. The van der Waals surface area contributed by atoms with Crippen molar-refractivity contribution in [1.29, 1.82) is 0 Å². The molecule has 0 bridgehead atoms. The number of hydrogen-bond acceptors (Lipinski definition) is 6. The number of benzene rings is 4. The molecular formula is C32H28BrN3O5S. The highest BCUT2D eigenvalue weighted by molar-refractivity contribution is 9.10. The zero-order chi connectivity index (χ0) is 29.9. The van der Waals surface area contributed by atoms with Crippen LogP contribution in [0.2, 0.25) is 0 Å². The van der Waals surface area contributed by atoms with Gasteiger partial charge in [0.25, 0.3) is 11.8 Å². The van der Waals surface area contributed by atoms with E-state index < -0.39 is 11.8 Å². The first-order valence-corrected chi connectivity index (χ1v) is 14.5. The third-order valence-electron chi connectivity index (χ3n) is 5.86. The van der Waals surface area contributed by atoms with Crippen LogP contribution in [0.5, 0.6) is 11.5 Å². The monoisotopic (exact) mass is 645 g/mol. The number of carbonyl (C=O) groups is 3. The summed E-state index contributed by atoms with van der Waals surface area (Å²) in [7, 11) is 3.06. The van der Waals surface area contributed by atoms with E-state index in [-0.39, 0.29) is 17.4 Å². The number of rotatable bonds is 11. The summed E-state index contributed by atoms with van der Waals surface area (Å²) in [6, 6.07) is 28.3. The van der Waals surface area contributed by atoms with Crippen molar-refractivity contribution in [3.05, 3.63) is 118 Å². The molecule has 0 aliphatic rings. The van der Waals surface area contributed by atoms with Crippen molar-refractivity contribution in [2.75, 3.05) is 30.6 Å². The van der Waals surface area contributed by atoms with Gasteiger partial charge in [0.05, 0.1) is 20.0 Å². The van der Waals surface area contributed by atoms with Crippen LogP contribution in [0.3, 0.4) is 0 Å². The molecule has 0 aliphatic carbocycles. The summed E-state index contributed by atoms with van der Waals surface area (Å²) in [6.45, 7) is 0. The molecule has 0 unspecified atom stereocenters. The highest BCUT2D eigenvalue weighted by Gasteiger charge is 2.16. The zero-order valence-corrected chi connectivity index (χ0v) is 25.3. The third kappa shape index (κ3) is 8.73. The fraction of sp³-hybridized carbons (Fsp3) is 0.0938. The molecule has 0 aromatic heterocycles. The second-order valence-corrected chi connectivity index (χ2v) is 10.8. The molecular weight excluding hydrogens is 618 g/mol. The van der Waals surface area contributed by atoms with Crippen LogP contribution in [0.15, 0.2) is 112 Å². The van der Waals surface area contributed by atoms with E-state index in [1.54, 1.807) is 66.7 Å². The second kappa shape index (κ2) is 14.9. The lowest BCUT2D eigenvalue weighted by atomic mass is 10.1. The van der Waals surface area contributed by atoms with Gasteiger partial charge in [0, 0.05) is 26.3 Å². The summed E-state index contributed by atoms with van der Waals surface area (Å²) in [5.41, 5.74) is 2.32. The lowest BCUT2D eigenvalue weighted by molar-refractivity contribution is -0.114. The molecule has 42 heavy (non-hydrogen) atoms. The van der Waals surface area contributed by atoms with E-state index in [1.165, 1.54) is 26.0 Å². The van der Waals surface area contributed by atoms with E-state index >= 15 is 0 Å². The fourth-order valence-electron chi connectivity index (χ4n) is 3.76. The Morgan fingerprint density at radius 1 is 0.786 bits per heavy atom.